The van der Waals surface area contributed by atoms with Gasteiger partial charge in [-0.15, -0.1) is 24.0 Å². The van der Waals surface area contributed by atoms with Gasteiger partial charge in [0.25, 0.3) is 5.91 Å². The van der Waals surface area contributed by atoms with E-state index < -0.39 is 11.7 Å². The van der Waals surface area contributed by atoms with Crippen molar-refractivity contribution in [2.75, 3.05) is 32.7 Å². The predicted molar refractivity (Wildman–Crippen MR) is 133 cm³/mol. The third-order valence-corrected chi connectivity index (χ3v) is 6.32. The van der Waals surface area contributed by atoms with Gasteiger partial charge in [-0.3, -0.25) is 24.3 Å². The summed E-state index contributed by atoms with van der Waals surface area (Å²) in [7, 11) is 0. The average molecular weight is 569 g/mol. The minimum absolute atomic E-state index is 0. The molecule has 3 amide bonds. The molecule has 4 rings (SSSR count). The quantitative estimate of drug-likeness (QED) is 0.110. The van der Waals surface area contributed by atoms with Crippen LogP contribution in [-0.4, -0.2) is 61.3 Å². The van der Waals surface area contributed by atoms with Crippen LogP contribution in [0.25, 0.3) is 0 Å². The van der Waals surface area contributed by atoms with Crippen molar-refractivity contribution in [3.05, 3.63) is 47.8 Å². The molecule has 1 aliphatic heterocycles. The van der Waals surface area contributed by atoms with Gasteiger partial charge in [-0.05, 0) is 37.3 Å². The molecule has 2 fully saturated rings. The van der Waals surface area contributed by atoms with Crippen molar-refractivity contribution in [1.82, 2.24) is 20.9 Å². The molecule has 4 atom stereocenters. The van der Waals surface area contributed by atoms with E-state index in [2.05, 4.69) is 33.1 Å². The molecule has 3 N–H and O–H groups in total. The van der Waals surface area contributed by atoms with Crippen LogP contribution in [0.5, 0.6) is 0 Å². The van der Waals surface area contributed by atoms with Gasteiger partial charge in [0.1, 0.15) is 5.82 Å². The van der Waals surface area contributed by atoms with Crippen molar-refractivity contribution in [3.8, 4) is 0 Å². The van der Waals surface area contributed by atoms with E-state index in [-0.39, 0.29) is 78.1 Å². The lowest BCUT2D eigenvalue weighted by molar-refractivity contribution is -0.140. The third-order valence-electron chi connectivity index (χ3n) is 6.32. The number of fused-ring (bicyclic) bond motifs is 5. The number of rotatable bonds is 8. The maximum atomic E-state index is 13.7. The van der Waals surface area contributed by atoms with Gasteiger partial charge >= 0.3 is 0 Å². The number of nitrogens with one attached hydrogen (secondary N) is 3. The van der Waals surface area contributed by atoms with Crippen molar-refractivity contribution < 1.29 is 18.8 Å². The van der Waals surface area contributed by atoms with E-state index in [1.165, 1.54) is 23.1 Å². The summed E-state index contributed by atoms with van der Waals surface area (Å²) in [5, 5.41) is 8.86. The average Bonchev–Trinajstić information content (AvgIpc) is 3.46. The van der Waals surface area contributed by atoms with Crippen LogP contribution in [0.3, 0.4) is 0 Å². The van der Waals surface area contributed by atoms with Gasteiger partial charge in [0.05, 0.1) is 23.9 Å². The molecular formula is C23H29FIN5O3. The number of allylic oxidation sites excluding steroid dienone is 2. The highest BCUT2D eigenvalue weighted by molar-refractivity contribution is 14.0. The lowest BCUT2D eigenvalue weighted by Gasteiger charge is -2.18. The van der Waals surface area contributed by atoms with Gasteiger partial charge < -0.3 is 16.0 Å². The van der Waals surface area contributed by atoms with Crippen LogP contribution in [0.2, 0.25) is 0 Å². The fourth-order valence-electron chi connectivity index (χ4n) is 4.89. The van der Waals surface area contributed by atoms with E-state index in [0.29, 0.717) is 25.6 Å². The highest BCUT2D eigenvalue weighted by Crippen LogP contribution is 2.52. The Hall–Kier alpha value is -2.50. The first kappa shape index (κ1) is 25.1. The summed E-state index contributed by atoms with van der Waals surface area (Å²) in [4.78, 5) is 43.3. The molecule has 2 bridgehead atoms. The van der Waals surface area contributed by atoms with E-state index in [1.54, 1.807) is 6.07 Å². The number of carbonyl (C=O) groups excluding carboxylic acids is 3. The van der Waals surface area contributed by atoms with Crippen molar-refractivity contribution in [1.29, 1.82) is 0 Å². The largest absolute Gasteiger partial charge is 0.357 e. The van der Waals surface area contributed by atoms with Gasteiger partial charge in [0, 0.05) is 26.2 Å². The summed E-state index contributed by atoms with van der Waals surface area (Å²) >= 11 is 0. The maximum Gasteiger partial charge on any atom is 0.254 e. The minimum atomic E-state index is -0.567. The van der Waals surface area contributed by atoms with Crippen LogP contribution < -0.4 is 16.0 Å². The highest BCUT2D eigenvalue weighted by Gasteiger charge is 2.58. The zero-order valence-corrected chi connectivity index (χ0v) is 20.8. The molecule has 1 saturated heterocycles. The number of nitrogens with zero attached hydrogens (tertiary/aromatic N) is 2. The maximum absolute atomic E-state index is 13.7. The van der Waals surface area contributed by atoms with Gasteiger partial charge in [0.2, 0.25) is 11.8 Å². The number of likely N-dealkylation sites (tertiary alicyclic amines) is 1. The summed E-state index contributed by atoms with van der Waals surface area (Å²) in [6, 6.07) is 5.80. The number of halogens is 2. The summed E-state index contributed by atoms with van der Waals surface area (Å²) in [5.74, 6) is -0.606. The van der Waals surface area contributed by atoms with Crippen molar-refractivity contribution in [2.24, 2.45) is 28.7 Å². The summed E-state index contributed by atoms with van der Waals surface area (Å²) in [5.41, 5.74) is -0.00476. The Labute approximate surface area is 209 Å². The minimum Gasteiger partial charge on any atom is -0.357 e. The van der Waals surface area contributed by atoms with Gasteiger partial charge in [-0.2, -0.15) is 0 Å². The van der Waals surface area contributed by atoms with Crippen molar-refractivity contribution >= 4 is 47.7 Å². The molecular weight excluding hydrogens is 540 g/mol. The number of benzene rings is 1. The Morgan fingerprint density at radius 1 is 1.06 bits per heavy atom. The van der Waals surface area contributed by atoms with Gasteiger partial charge in [-0.1, -0.05) is 24.3 Å². The van der Waals surface area contributed by atoms with Gasteiger partial charge in [-0.25, -0.2) is 4.39 Å². The number of guanidine groups is 1. The summed E-state index contributed by atoms with van der Waals surface area (Å²) in [6.07, 6.45) is 5.09. The molecule has 2 aliphatic carbocycles. The summed E-state index contributed by atoms with van der Waals surface area (Å²) in [6.45, 7) is 3.76. The van der Waals surface area contributed by atoms with Crippen LogP contribution in [0.4, 0.5) is 4.39 Å². The lowest BCUT2D eigenvalue weighted by Crippen LogP contribution is -2.44. The Kier molecular flexibility index (Phi) is 8.44. The molecule has 1 aromatic rings. The van der Waals surface area contributed by atoms with Gasteiger partial charge in [0.15, 0.2) is 5.96 Å². The third kappa shape index (κ3) is 5.20. The lowest BCUT2D eigenvalue weighted by atomic mass is 9.85. The standard InChI is InChI=1S/C23H28FN5O3.HI/c1-2-25-23(27-10-9-26-20(30)16-5-3-4-6-17(16)24)28-11-12-29-21(31)18-14-7-8-15(13-14)19(18)22(29)32;/h3-8,14-15,18-19H,2,9-13H2,1H3,(H,26,30)(H2,25,27,28);1H. The van der Waals surface area contributed by atoms with E-state index >= 15 is 0 Å². The summed E-state index contributed by atoms with van der Waals surface area (Å²) < 4.78 is 13.7. The normalized spacial score (nSPS) is 25.2. The van der Waals surface area contributed by atoms with Crippen LogP contribution >= 0.6 is 24.0 Å². The van der Waals surface area contributed by atoms with E-state index in [0.717, 1.165) is 6.42 Å². The molecule has 3 aliphatic rings. The Balaban J connectivity index is 0.00000306. The SMILES string of the molecule is CCNC(=NCCNC(=O)c1ccccc1F)NCCN1C(=O)C2C3C=CC(C3)C2C1=O.I. The number of hydrogen-bond acceptors (Lipinski definition) is 4. The molecule has 1 heterocycles. The number of hydrogen-bond donors (Lipinski definition) is 3. The van der Waals surface area contributed by atoms with Crippen LogP contribution in [0, 0.1) is 29.5 Å². The molecule has 10 heteroatoms. The Morgan fingerprint density at radius 2 is 1.73 bits per heavy atom. The monoisotopic (exact) mass is 569 g/mol. The fraction of sp³-hybridized carbons (Fsp3) is 0.478. The molecule has 178 valence electrons. The molecule has 4 unspecified atom stereocenters. The zero-order valence-electron chi connectivity index (χ0n) is 18.4. The first-order valence-electron chi connectivity index (χ1n) is 11.1. The van der Waals surface area contributed by atoms with Crippen molar-refractivity contribution in [2.45, 2.75) is 13.3 Å². The molecule has 8 nitrogen and oxygen atoms in total. The molecule has 1 aromatic carbocycles. The second-order valence-electron chi connectivity index (χ2n) is 8.25. The molecule has 0 radical (unpaired) electrons. The first-order valence-corrected chi connectivity index (χ1v) is 11.1. The second-order valence-corrected chi connectivity index (χ2v) is 8.25. The number of imide groups is 1. The molecule has 0 aromatic heterocycles. The van der Waals surface area contributed by atoms with E-state index in [1.807, 2.05) is 6.92 Å². The predicted octanol–water partition coefficient (Wildman–Crippen LogP) is 1.54. The highest BCUT2D eigenvalue weighted by atomic mass is 127. The Morgan fingerprint density at radius 3 is 2.36 bits per heavy atom. The molecule has 0 spiro atoms. The number of amides is 3. The smallest absolute Gasteiger partial charge is 0.254 e. The Bertz CT molecular complexity index is 939. The number of carbonyl (C=O) groups is 3. The first-order chi connectivity index (χ1) is 15.5. The van der Waals surface area contributed by atoms with Crippen molar-refractivity contribution in [3.63, 3.8) is 0 Å². The fourth-order valence-corrected chi connectivity index (χ4v) is 4.89. The van der Waals surface area contributed by atoms with E-state index in [4.69, 9.17) is 0 Å². The molecule has 33 heavy (non-hydrogen) atoms. The van der Waals surface area contributed by atoms with Crippen LogP contribution in [-0.2, 0) is 9.59 Å². The zero-order chi connectivity index (χ0) is 22.7. The second kappa shape index (κ2) is 11.1. The topological polar surface area (TPSA) is 103 Å². The van der Waals surface area contributed by atoms with Crippen LogP contribution in [0.15, 0.2) is 41.4 Å². The van der Waals surface area contributed by atoms with E-state index in [9.17, 15) is 18.8 Å². The van der Waals surface area contributed by atoms with Crippen LogP contribution in [0.1, 0.15) is 23.7 Å². The molecule has 1 saturated carbocycles. The number of aliphatic imine (C=N–C) groups is 1.